The Kier molecular flexibility index (Phi) is 3.27. The predicted octanol–water partition coefficient (Wildman–Crippen LogP) is 3.39. The van der Waals surface area contributed by atoms with Gasteiger partial charge in [-0.3, -0.25) is 0 Å². The van der Waals surface area contributed by atoms with Gasteiger partial charge in [0.15, 0.2) is 0 Å². The van der Waals surface area contributed by atoms with Gasteiger partial charge in [0.2, 0.25) is 5.95 Å². The van der Waals surface area contributed by atoms with E-state index in [1.54, 1.807) is 22.7 Å². The summed E-state index contributed by atoms with van der Waals surface area (Å²) in [5.41, 5.74) is 3.13. The van der Waals surface area contributed by atoms with E-state index in [0.29, 0.717) is 5.95 Å². The van der Waals surface area contributed by atoms with Crippen LogP contribution in [0.5, 0.6) is 0 Å². The number of nitrogens with zero attached hydrogens (tertiary/aromatic N) is 4. The molecule has 0 spiro atoms. The number of hydrogen-bond acceptors (Lipinski definition) is 6. The number of thiophene rings is 1. The Balaban J connectivity index is 1.90. The largest absolute Gasteiger partial charge is 0.347 e. The molecule has 4 nitrogen and oxygen atoms in total. The van der Waals surface area contributed by atoms with Crippen molar-refractivity contribution in [1.82, 2.24) is 15.0 Å². The molecule has 0 unspecified atom stereocenters. The Bertz CT molecular complexity index is 656. The summed E-state index contributed by atoms with van der Waals surface area (Å²) in [6.45, 7) is 0. The molecule has 96 valence electrons. The number of anilines is 1. The maximum Gasteiger partial charge on any atom is 0.224 e. The van der Waals surface area contributed by atoms with Crippen molar-refractivity contribution < 1.29 is 0 Å². The third-order valence-corrected chi connectivity index (χ3v) is 4.18. The minimum absolute atomic E-state index is 0.707. The lowest BCUT2D eigenvalue weighted by Crippen LogP contribution is -2.12. The molecule has 0 aliphatic carbocycles. The number of hydrogen-bond donors (Lipinski definition) is 0. The highest BCUT2D eigenvalue weighted by atomic mass is 32.1. The van der Waals surface area contributed by atoms with Crippen molar-refractivity contribution in [3.63, 3.8) is 0 Å². The van der Waals surface area contributed by atoms with Crippen LogP contribution in [0, 0.1) is 0 Å². The molecular formula is C13H12N4S2. The van der Waals surface area contributed by atoms with Crippen molar-refractivity contribution in [3.05, 3.63) is 34.6 Å². The molecule has 0 aromatic carbocycles. The molecule has 0 saturated heterocycles. The van der Waals surface area contributed by atoms with E-state index in [1.807, 2.05) is 31.4 Å². The lowest BCUT2D eigenvalue weighted by molar-refractivity contribution is 0.999. The smallest absolute Gasteiger partial charge is 0.224 e. The van der Waals surface area contributed by atoms with Crippen molar-refractivity contribution in [2.75, 3.05) is 19.0 Å². The van der Waals surface area contributed by atoms with Crippen molar-refractivity contribution in [2.45, 2.75) is 0 Å². The summed E-state index contributed by atoms with van der Waals surface area (Å²) in [5.74, 6) is 0.707. The van der Waals surface area contributed by atoms with Crippen molar-refractivity contribution in [1.29, 1.82) is 0 Å². The molecule has 0 saturated carbocycles. The second-order valence-electron chi connectivity index (χ2n) is 4.22. The zero-order chi connectivity index (χ0) is 13.2. The Morgan fingerprint density at radius 2 is 1.84 bits per heavy atom. The minimum atomic E-state index is 0.707. The normalized spacial score (nSPS) is 10.6. The maximum atomic E-state index is 4.63. The summed E-state index contributed by atoms with van der Waals surface area (Å²) in [6, 6.07) is 2.08. The van der Waals surface area contributed by atoms with Crippen LogP contribution in [0.25, 0.3) is 21.8 Å². The van der Waals surface area contributed by atoms with Crippen LogP contribution in [-0.2, 0) is 0 Å². The van der Waals surface area contributed by atoms with Crippen LogP contribution in [-0.4, -0.2) is 29.0 Å². The van der Waals surface area contributed by atoms with Gasteiger partial charge in [0, 0.05) is 48.4 Å². The first-order chi connectivity index (χ1) is 9.24. The van der Waals surface area contributed by atoms with Crippen LogP contribution in [0.4, 0.5) is 5.95 Å². The van der Waals surface area contributed by atoms with Gasteiger partial charge in [0.05, 0.1) is 5.69 Å². The first kappa shape index (κ1) is 12.3. The van der Waals surface area contributed by atoms with E-state index >= 15 is 0 Å². The molecule has 3 aromatic rings. The summed E-state index contributed by atoms with van der Waals surface area (Å²) in [7, 11) is 3.85. The van der Waals surface area contributed by atoms with E-state index in [9.17, 15) is 0 Å². The van der Waals surface area contributed by atoms with Gasteiger partial charge in [0.25, 0.3) is 0 Å². The highest BCUT2D eigenvalue weighted by Gasteiger charge is 2.08. The zero-order valence-electron chi connectivity index (χ0n) is 10.6. The topological polar surface area (TPSA) is 41.9 Å². The van der Waals surface area contributed by atoms with E-state index in [-0.39, 0.29) is 0 Å². The fourth-order valence-electron chi connectivity index (χ4n) is 1.61. The number of thiazole rings is 1. The van der Waals surface area contributed by atoms with Gasteiger partial charge < -0.3 is 4.90 Å². The summed E-state index contributed by atoms with van der Waals surface area (Å²) in [5, 5.41) is 7.18. The SMILES string of the molecule is CN(C)c1ncc(-c2nc(-c3ccsc3)cs2)cn1. The van der Waals surface area contributed by atoms with E-state index in [4.69, 9.17) is 0 Å². The quantitative estimate of drug-likeness (QED) is 0.741. The zero-order valence-corrected chi connectivity index (χ0v) is 12.2. The molecular weight excluding hydrogens is 276 g/mol. The van der Waals surface area contributed by atoms with Gasteiger partial charge >= 0.3 is 0 Å². The molecule has 3 aromatic heterocycles. The lowest BCUT2D eigenvalue weighted by atomic mass is 10.3. The second-order valence-corrected chi connectivity index (χ2v) is 5.85. The third-order valence-electron chi connectivity index (χ3n) is 2.61. The summed E-state index contributed by atoms with van der Waals surface area (Å²) >= 11 is 3.29. The van der Waals surface area contributed by atoms with Gasteiger partial charge in [-0.2, -0.15) is 11.3 Å². The van der Waals surface area contributed by atoms with Gasteiger partial charge in [0.1, 0.15) is 5.01 Å². The van der Waals surface area contributed by atoms with Crippen LogP contribution in [0.3, 0.4) is 0 Å². The van der Waals surface area contributed by atoms with Crippen molar-refractivity contribution >= 4 is 28.6 Å². The molecule has 0 aliphatic heterocycles. The number of aromatic nitrogens is 3. The Morgan fingerprint density at radius 1 is 1.05 bits per heavy atom. The Morgan fingerprint density at radius 3 is 2.47 bits per heavy atom. The molecule has 0 bridgehead atoms. The molecule has 0 aliphatic rings. The standard InChI is InChI=1S/C13H12N4S2/c1-17(2)13-14-5-10(6-15-13)12-16-11(8-19-12)9-3-4-18-7-9/h3-8H,1-2H3. The number of rotatable bonds is 3. The molecule has 0 radical (unpaired) electrons. The van der Waals surface area contributed by atoms with Crippen molar-refractivity contribution in [2.24, 2.45) is 0 Å². The second kappa shape index (κ2) is 5.07. The highest BCUT2D eigenvalue weighted by Crippen LogP contribution is 2.29. The van der Waals surface area contributed by atoms with E-state index in [1.165, 1.54) is 5.56 Å². The van der Waals surface area contributed by atoms with Crippen LogP contribution in [0.1, 0.15) is 0 Å². The maximum absolute atomic E-state index is 4.63. The Hall–Kier alpha value is -1.79. The fraction of sp³-hybridized carbons (Fsp3) is 0.154. The summed E-state index contributed by atoms with van der Waals surface area (Å²) in [6.07, 6.45) is 3.64. The van der Waals surface area contributed by atoms with Gasteiger partial charge in [-0.15, -0.1) is 11.3 Å². The molecule has 0 amide bonds. The predicted molar refractivity (Wildman–Crippen MR) is 80.8 cm³/mol. The molecule has 3 heterocycles. The monoisotopic (exact) mass is 288 g/mol. The average Bonchev–Trinajstić information content (AvgIpc) is 3.10. The molecule has 0 N–H and O–H groups in total. The van der Waals surface area contributed by atoms with E-state index in [0.717, 1.165) is 16.3 Å². The summed E-state index contributed by atoms with van der Waals surface area (Å²) < 4.78 is 0. The van der Waals surface area contributed by atoms with E-state index in [2.05, 4.69) is 37.2 Å². The average molecular weight is 288 g/mol. The minimum Gasteiger partial charge on any atom is -0.347 e. The molecule has 19 heavy (non-hydrogen) atoms. The fourth-order valence-corrected chi connectivity index (χ4v) is 3.07. The molecule has 3 rings (SSSR count). The first-order valence-electron chi connectivity index (χ1n) is 5.72. The van der Waals surface area contributed by atoms with Gasteiger partial charge in [-0.25, -0.2) is 15.0 Å². The highest BCUT2D eigenvalue weighted by molar-refractivity contribution is 7.13. The molecule has 0 atom stereocenters. The van der Waals surface area contributed by atoms with Gasteiger partial charge in [-0.1, -0.05) is 0 Å². The van der Waals surface area contributed by atoms with Crippen LogP contribution in [0.15, 0.2) is 34.6 Å². The van der Waals surface area contributed by atoms with Crippen LogP contribution < -0.4 is 4.90 Å². The summed E-state index contributed by atoms with van der Waals surface area (Å²) in [4.78, 5) is 15.1. The molecule has 6 heteroatoms. The lowest BCUT2D eigenvalue weighted by Gasteiger charge is -2.08. The van der Waals surface area contributed by atoms with Gasteiger partial charge in [-0.05, 0) is 11.4 Å². The third kappa shape index (κ3) is 2.50. The van der Waals surface area contributed by atoms with Crippen LogP contribution >= 0.6 is 22.7 Å². The van der Waals surface area contributed by atoms with E-state index < -0.39 is 0 Å². The van der Waals surface area contributed by atoms with Crippen molar-refractivity contribution in [3.8, 4) is 21.8 Å². The van der Waals surface area contributed by atoms with Crippen LogP contribution in [0.2, 0.25) is 0 Å². The Labute approximate surface area is 119 Å². The first-order valence-corrected chi connectivity index (χ1v) is 7.54. The molecule has 0 fully saturated rings.